The number of rotatable bonds is 4. The lowest BCUT2D eigenvalue weighted by Crippen LogP contribution is -2.38. The lowest BCUT2D eigenvalue weighted by Gasteiger charge is -2.33. The zero-order valence-electron chi connectivity index (χ0n) is 15.6. The highest BCUT2D eigenvalue weighted by atomic mass is 16.2. The molecule has 1 aliphatic rings. The monoisotopic (exact) mass is 392 g/mol. The first-order valence-corrected chi connectivity index (χ1v) is 9.41. The predicted octanol–water partition coefficient (Wildman–Crippen LogP) is 1.88. The summed E-state index contributed by atoms with van der Waals surface area (Å²) in [4.78, 5) is 49.8. The maximum Gasteiger partial charge on any atom is 0.272 e. The van der Waals surface area contributed by atoms with E-state index in [0.29, 0.717) is 37.2 Å². The number of nitrogens with one attached hydrogen (secondary N) is 3. The van der Waals surface area contributed by atoms with Crippen LogP contribution in [0.3, 0.4) is 0 Å². The van der Waals surface area contributed by atoms with Gasteiger partial charge in [0, 0.05) is 30.3 Å². The summed E-state index contributed by atoms with van der Waals surface area (Å²) < 4.78 is 0. The molecule has 4 rings (SSSR count). The lowest BCUT2D eigenvalue weighted by atomic mass is 9.95. The van der Waals surface area contributed by atoms with Gasteiger partial charge in [-0.15, -0.1) is 0 Å². The molecule has 3 aromatic rings. The third-order valence-electron chi connectivity index (χ3n) is 5.34. The molecule has 0 radical (unpaired) electrons. The second kappa shape index (κ2) is 7.75. The SMILES string of the molecule is O=Cc1ccc(N2CCC(C(=O)Nc3cccc4c(=O)[nH][nH]c(=O)c34)CC2)cc1. The number of aromatic amines is 2. The Morgan fingerprint density at radius 1 is 1.00 bits per heavy atom. The van der Waals surface area contributed by atoms with Crippen LogP contribution in [-0.2, 0) is 4.79 Å². The Hall–Kier alpha value is -3.68. The molecule has 0 aliphatic carbocycles. The average molecular weight is 392 g/mol. The molecule has 1 aliphatic heterocycles. The van der Waals surface area contributed by atoms with Crippen LogP contribution < -0.4 is 21.3 Å². The third-order valence-corrected chi connectivity index (χ3v) is 5.34. The second-order valence-electron chi connectivity index (χ2n) is 7.10. The molecular formula is C21H20N4O4. The number of nitrogens with zero attached hydrogens (tertiary/aromatic N) is 1. The van der Waals surface area contributed by atoms with E-state index in [0.717, 1.165) is 12.0 Å². The van der Waals surface area contributed by atoms with Gasteiger partial charge in [-0.3, -0.25) is 29.4 Å². The molecular weight excluding hydrogens is 372 g/mol. The Kier molecular flexibility index (Phi) is 4.99. The number of H-pyrrole nitrogens is 2. The first-order chi connectivity index (χ1) is 14.1. The summed E-state index contributed by atoms with van der Waals surface area (Å²) in [5, 5.41) is 7.82. The van der Waals surface area contributed by atoms with Crippen molar-refractivity contribution in [3.05, 3.63) is 68.7 Å². The summed E-state index contributed by atoms with van der Waals surface area (Å²) >= 11 is 0. The van der Waals surface area contributed by atoms with E-state index < -0.39 is 11.1 Å². The van der Waals surface area contributed by atoms with Crippen molar-refractivity contribution in [1.82, 2.24) is 10.2 Å². The van der Waals surface area contributed by atoms with Crippen LogP contribution >= 0.6 is 0 Å². The lowest BCUT2D eigenvalue weighted by molar-refractivity contribution is -0.120. The second-order valence-corrected chi connectivity index (χ2v) is 7.10. The Morgan fingerprint density at radius 3 is 2.38 bits per heavy atom. The number of fused-ring (bicyclic) bond motifs is 1. The minimum atomic E-state index is -0.455. The van der Waals surface area contributed by atoms with E-state index in [2.05, 4.69) is 20.4 Å². The van der Waals surface area contributed by atoms with Crippen LogP contribution in [-0.4, -0.2) is 35.5 Å². The number of hydrogen-bond acceptors (Lipinski definition) is 5. The quantitative estimate of drug-likeness (QED) is 0.587. The smallest absolute Gasteiger partial charge is 0.272 e. The fraction of sp³-hybridized carbons (Fsp3) is 0.238. The molecule has 1 fully saturated rings. The molecule has 0 spiro atoms. The maximum absolute atomic E-state index is 12.8. The molecule has 29 heavy (non-hydrogen) atoms. The van der Waals surface area contributed by atoms with E-state index in [-0.39, 0.29) is 22.6 Å². The highest BCUT2D eigenvalue weighted by molar-refractivity contribution is 6.02. The van der Waals surface area contributed by atoms with Crippen molar-refractivity contribution < 1.29 is 9.59 Å². The van der Waals surface area contributed by atoms with Crippen LogP contribution in [0.2, 0.25) is 0 Å². The molecule has 3 N–H and O–H groups in total. The van der Waals surface area contributed by atoms with Crippen molar-refractivity contribution in [1.29, 1.82) is 0 Å². The Bertz CT molecular complexity index is 1170. The van der Waals surface area contributed by atoms with E-state index in [9.17, 15) is 19.2 Å². The zero-order chi connectivity index (χ0) is 20.4. The van der Waals surface area contributed by atoms with Crippen molar-refractivity contribution in [2.75, 3.05) is 23.3 Å². The summed E-state index contributed by atoms with van der Waals surface area (Å²) in [7, 11) is 0. The molecule has 8 heteroatoms. The van der Waals surface area contributed by atoms with E-state index in [1.165, 1.54) is 0 Å². The third kappa shape index (κ3) is 3.69. The highest BCUT2D eigenvalue weighted by Crippen LogP contribution is 2.25. The highest BCUT2D eigenvalue weighted by Gasteiger charge is 2.26. The number of hydrogen-bond donors (Lipinski definition) is 3. The van der Waals surface area contributed by atoms with Gasteiger partial charge in [0.05, 0.1) is 16.5 Å². The minimum absolute atomic E-state index is 0.159. The maximum atomic E-state index is 12.8. The number of amides is 1. The van der Waals surface area contributed by atoms with Gasteiger partial charge in [0.1, 0.15) is 6.29 Å². The van der Waals surface area contributed by atoms with Crippen molar-refractivity contribution in [2.45, 2.75) is 12.8 Å². The Labute approximate surface area is 165 Å². The van der Waals surface area contributed by atoms with Crippen LogP contribution in [0.4, 0.5) is 11.4 Å². The number of benzene rings is 2. The number of carbonyl (C=O) groups excluding carboxylic acids is 2. The summed E-state index contributed by atoms with van der Waals surface area (Å²) in [6.07, 6.45) is 2.15. The van der Waals surface area contributed by atoms with E-state index in [1.54, 1.807) is 30.3 Å². The summed E-state index contributed by atoms with van der Waals surface area (Å²) in [6.45, 7) is 1.43. The van der Waals surface area contributed by atoms with Crippen LogP contribution in [0.1, 0.15) is 23.2 Å². The van der Waals surface area contributed by atoms with Gasteiger partial charge in [0.2, 0.25) is 5.91 Å². The molecule has 8 nitrogen and oxygen atoms in total. The molecule has 1 saturated heterocycles. The van der Waals surface area contributed by atoms with Gasteiger partial charge in [-0.2, -0.15) is 0 Å². The number of piperidine rings is 1. The fourth-order valence-corrected chi connectivity index (χ4v) is 3.73. The molecule has 0 unspecified atom stereocenters. The van der Waals surface area contributed by atoms with E-state index in [4.69, 9.17) is 0 Å². The van der Waals surface area contributed by atoms with Gasteiger partial charge >= 0.3 is 0 Å². The predicted molar refractivity (Wildman–Crippen MR) is 111 cm³/mol. The zero-order valence-corrected chi connectivity index (χ0v) is 15.6. The Morgan fingerprint density at radius 2 is 1.69 bits per heavy atom. The van der Waals surface area contributed by atoms with Gasteiger partial charge in [-0.1, -0.05) is 6.07 Å². The number of aromatic nitrogens is 2. The van der Waals surface area contributed by atoms with Gasteiger partial charge < -0.3 is 10.2 Å². The van der Waals surface area contributed by atoms with Gasteiger partial charge in [0.25, 0.3) is 11.1 Å². The van der Waals surface area contributed by atoms with Crippen LogP contribution in [0.15, 0.2) is 52.1 Å². The molecule has 1 amide bonds. The molecule has 2 aromatic carbocycles. The number of anilines is 2. The van der Waals surface area contributed by atoms with Gasteiger partial charge in [-0.25, -0.2) is 0 Å². The molecule has 0 atom stereocenters. The molecule has 1 aromatic heterocycles. The van der Waals surface area contributed by atoms with Crippen molar-refractivity contribution in [2.24, 2.45) is 5.92 Å². The molecule has 148 valence electrons. The van der Waals surface area contributed by atoms with E-state index >= 15 is 0 Å². The largest absolute Gasteiger partial charge is 0.371 e. The average Bonchev–Trinajstić information content (AvgIpc) is 2.76. The molecule has 0 bridgehead atoms. The van der Waals surface area contributed by atoms with Crippen LogP contribution in [0, 0.1) is 5.92 Å². The first kappa shape index (κ1) is 18.7. The topological polar surface area (TPSA) is 115 Å². The fourth-order valence-electron chi connectivity index (χ4n) is 3.73. The summed E-state index contributed by atoms with van der Waals surface area (Å²) in [6, 6.07) is 12.2. The van der Waals surface area contributed by atoms with Crippen molar-refractivity contribution >= 4 is 34.3 Å². The van der Waals surface area contributed by atoms with Gasteiger partial charge in [-0.05, 0) is 49.2 Å². The normalized spacial score (nSPS) is 14.7. The standard InChI is InChI=1S/C21H20N4O4/c26-12-13-4-6-15(7-5-13)25-10-8-14(9-11-25)19(27)22-17-3-1-2-16-18(17)21(29)24-23-20(16)28/h1-7,12,14H,8-11H2,(H,22,27)(H,23,28)(H,24,29). The summed E-state index contributed by atoms with van der Waals surface area (Å²) in [5.74, 6) is -0.343. The van der Waals surface area contributed by atoms with E-state index in [1.807, 2.05) is 12.1 Å². The molecule has 2 heterocycles. The first-order valence-electron chi connectivity index (χ1n) is 9.41. The minimum Gasteiger partial charge on any atom is -0.371 e. The Balaban J connectivity index is 1.46. The van der Waals surface area contributed by atoms with Gasteiger partial charge in [0.15, 0.2) is 0 Å². The molecule has 0 saturated carbocycles. The summed E-state index contributed by atoms with van der Waals surface area (Å²) in [5.41, 5.74) is 1.13. The van der Waals surface area contributed by atoms with Crippen molar-refractivity contribution in [3.8, 4) is 0 Å². The van der Waals surface area contributed by atoms with Crippen LogP contribution in [0.25, 0.3) is 10.8 Å². The van der Waals surface area contributed by atoms with Crippen LogP contribution in [0.5, 0.6) is 0 Å². The number of carbonyl (C=O) groups is 2. The number of aldehydes is 1. The van der Waals surface area contributed by atoms with Crippen molar-refractivity contribution in [3.63, 3.8) is 0 Å².